The van der Waals surface area contributed by atoms with Crippen molar-refractivity contribution >= 4 is 0 Å². The van der Waals surface area contributed by atoms with Gasteiger partial charge in [-0.3, -0.25) is 0 Å². The lowest BCUT2D eigenvalue weighted by atomic mass is 9.96. The van der Waals surface area contributed by atoms with Crippen molar-refractivity contribution in [1.82, 2.24) is 0 Å². The van der Waals surface area contributed by atoms with Crippen molar-refractivity contribution < 1.29 is 0 Å². The van der Waals surface area contributed by atoms with E-state index in [2.05, 4.69) is 5.18 Å². The second kappa shape index (κ2) is 2.82. The number of nitrogens with zero attached hydrogens (tertiary/aromatic N) is 1. The number of rotatable bonds is 2. The summed E-state index contributed by atoms with van der Waals surface area (Å²) < 4.78 is 0. The van der Waals surface area contributed by atoms with Crippen molar-refractivity contribution in [2.45, 2.75) is 19.4 Å². The number of benzene rings is 1. The molecule has 0 radical (unpaired) electrons. The van der Waals surface area contributed by atoms with Gasteiger partial charge in [0.05, 0.1) is 0 Å². The van der Waals surface area contributed by atoms with Crippen LogP contribution in [0.15, 0.2) is 35.5 Å². The highest BCUT2D eigenvalue weighted by Crippen LogP contribution is 2.23. The van der Waals surface area contributed by atoms with Crippen molar-refractivity contribution in [2.24, 2.45) is 5.18 Å². The van der Waals surface area contributed by atoms with Crippen LogP contribution in [0.1, 0.15) is 19.4 Å². The molecule has 0 saturated carbocycles. The quantitative estimate of drug-likeness (QED) is 0.594. The van der Waals surface area contributed by atoms with Crippen LogP contribution in [0.4, 0.5) is 0 Å². The van der Waals surface area contributed by atoms with Crippen molar-refractivity contribution in [3.8, 4) is 0 Å². The second-order valence-corrected chi connectivity index (χ2v) is 3.02. The van der Waals surface area contributed by atoms with Crippen LogP contribution in [0.3, 0.4) is 0 Å². The third kappa shape index (κ3) is 1.64. The molecule has 0 bridgehead atoms. The largest absolute Gasteiger partial charge is 0.150 e. The van der Waals surface area contributed by atoms with Crippen molar-refractivity contribution in [3.05, 3.63) is 40.8 Å². The fourth-order valence-electron chi connectivity index (χ4n) is 0.899. The summed E-state index contributed by atoms with van der Waals surface area (Å²) in [6.45, 7) is 3.60. The average Bonchev–Trinajstić information content (AvgIpc) is 2.06. The fourth-order valence-corrected chi connectivity index (χ4v) is 0.899. The topological polar surface area (TPSA) is 29.4 Å². The zero-order valence-electron chi connectivity index (χ0n) is 6.74. The van der Waals surface area contributed by atoms with Crippen LogP contribution in [0, 0.1) is 4.91 Å². The highest BCUT2D eigenvalue weighted by Gasteiger charge is 2.19. The first-order valence-corrected chi connectivity index (χ1v) is 3.57. The molecule has 0 saturated heterocycles. The smallest absolute Gasteiger partial charge is 0.122 e. The molecule has 58 valence electrons. The number of hydrogen-bond donors (Lipinski definition) is 0. The Morgan fingerprint density at radius 2 is 1.73 bits per heavy atom. The highest BCUT2D eigenvalue weighted by molar-refractivity contribution is 5.22. The standard InChI is InChI=1S/C9H11NO/c1-9(2,10-11)8-6-4-3-5-7-8/h3-7H,1-2H3. The Hall–Kier alpha value is -1.18. The monoisotopic (exact) mass is 149 g/mol. The van der Waals surface area contributed by atoms with Gasteiger partial charge in [-0.1, -0.05) is 35.5 Å². The molecule has 1 rings (SSSR count). The lowest BCUT2D eigenvalue weighted by Gasteiger charge is -2.14. The lowest BCUT2D eigenvalue weighted by molar-refractivity contribution is 0.552. The van der Waals surface area contributed by atoms with E-state index in [9.17, 15) is 4.91 Å². The van der Waals surface area contributed by atoms with Crippen LogP contribution in [-0.2, 0) is 5.54 Å². The third-order valence-corrected chi connectivity index (χ3v) is 1.71. The van der Waals surface area contributed by atoms with E-state index < -0.39 is 5.54 Å². The Morgan fingerprint density at radius 3 is 2.18 bits per heavy atom. The zero-order valence-corrected chi connectivity index (χ0v) is 6.74. The molecule has 0 aliphatic heterocycles. The molecule has 0 amide bonds. The zero-order chi connectivity index (χ0) is 8.32. The fraction of sp³-hybridized carbons (Fsp3) is 0.333. The van der Waals surface area contributed by atoms with Gasteiger partial charge in [0, 0.05) is 0 Å². The van der Waals surface area contributed by atoms with Crippen LogP contribution in [-0.4, -0.2) is 0 Å². The van der Waals surface area contributed by atoms with Gasteiger partial charge in [-0.05, 0) is 19.4 Å². The highest BCUT2D eigenvalue weighted by atomic mass is 16.3. The number of hydrogen-bond acceptors (Lipinski definition) is 2. The van der Waals surface area contributed by atoms with Crippen LogP contribution in [0.25, 0.3) is 0 Å². The Kier molecular flexibility index (Phi) is 2.03. The maximum absolute atomic E-state index is 10.4. The molecule has 0 unspecified atom stereocenters. The molecular formula is C9H11NO. The van der Waals surface area contributed by atoms with E-state index in [4.69, 9.17) is 0 Å². The van der Waals surface area contributed by atoms with Gasteiger partial charge in [0.1, 0.15) is 5.54 Å². The second-order valence-electron chi connectivity index (χ2n) is 3.02. The average molecular weight is 149 g/mol. The van der Waals surface area contributed by atoms with Gasteiger partial charge in [-0.25, -0.2) is 0 Å². The van der Waals surface area contributed by atoms with Gasteiger partial charge in [-0.15, -0.1) is 4.91 Å². The van der Waals surface area contributed by atoms with E-state index in [1.165, 1.54) is 0 Å². The van der Waals surface area contributed by atoms with Gasteiger partial charge < -0.3 is 0 Å². The minimum absolute atomic E-state index is 0.596. The van der Waals surface area contributed by atoms with Crippen LogP contribution in [0.5, 0.6) is 0 Å². The lowest BCUT2D eigenvalue weighted by Crippen LogP contribution is -2.11. The first-order valence-electron chi connectivity index (χ1n) is 3.57. The Morgan fingerprint density at radius 1 is 1.18 bits per heavy atom. The molecular weight excluding hydrogens is 138 g/mol. The molecule has 2 nitrogen and oxygen atoms in total. The van der Waals surface area contributed by atoms with E-state index >= 15 is 0 Å². The van der Waals surface area contributed by atoms with Gasteiger partial charge >= 0.3 is 0 Å². The maximum atomic E-state index is 10.4. The third-order valence-electron chi connectivity index (χ3n) is 1.71. The Balaban J connectivity index is 3.02. The van der Waals surface area contributed by atoms with Crippen LogP contribution in [0.2, 0.25) is 0 Å². The maximum Gasteiger partial charge on any atom is 0.122 e. The normalized spacial score (nSPS) is 11.1. The van der Waals surface area contributed by atoms with E-state index in [1.54, 1.807) is 13.8 Å². The molecule has 0 atom stereocenters. The summed E-state index contributed by atoms with van der Waals surface area (Å²) in [5.41, 5.74) is 0.358. The van der Waals surface area contributed by atoms with Crippen molar-refractivity contribution in [3.63, 3.8) is 0 Å². The predicted molar refractivity (Wildman–Crippen MR) is 45.3 cm³/mol. The predicted octanol–water partition coefficient (Wildman–Crippen LogP) is 2.69. The van der Waals surface area contributed by atoms with E-state index in [1.807, 2.05) is 30.3 Å². The van der Waals surface area contributed by atoms with E-state index in [-0.39, 0.29) is 0 Å². The molecule has 0 aromatic heterocycles. The minimum Gasteiger partial charge on any atom is -0.150 e. The number of nitroso groups, excluding NO2 is 1. The van der Waals surface area contributed by atoms with Crippen molar-refractivity contribution in [2.75, 3.05) is 0 Å². The van der Waals surface area contributed by atoms with Gasteiger partial charge in [0.2, 0.25) is 0 Å². The molecule has 0 aliphatic rings. The summed E-state index contributed by atoms with van der Waals surface area (Å²) >= 11 is 0. The van der Waals surface area contributed by atoms with Gasteiger partial charge in [-0.2, -0.15) is 0 Å². The molecule has 0 N–H and O–H groups in total. The molecule has 0 spiro atoms. The molecule has 2 heteroatoms. The molecule has 1 aromatic rings. The van der Waals surface area contributed by atoms with E-state index in [0.717, 1.165) is 5.56 Å². The molecule has 0 heterocycles. The van der Waals surface area contributed by atoms with E-state index in [0.29, 0.717) is 0 Å². The summed E-state index contributed by atoms with van der Waals surface area (Å²) in [7, 11) is 0. The molecule has 0 aliphatic carbocycles. The Labute approximate surface area is 66.2 Å². The summed E-state index contributed by atoms with van der Waals surface area (Å²) in [6, 6.07) is 9.54. The summed E-state index contributed by atoms with van der Waals surface area (Å²) in [4.78, 5) is 10.4. The molecule has 1 aromatic carbocycles. The summed E-state index contributed by atoms with van der Waals surface area (Å²) in [6.07, 6.45) is 0. The van der Waals surface area contributed by atoms with Crippen LogP contribution >= 0.6 is 0 Å². The SMILES string of the molecule is CC(C)(N=O)c1ccccc1. The minimum atomic E-state index is -0.596. The van der Waals surface area contributed by atoms with Gasteiger partial charge in [0.15, 0.2) is 0 Å². The first-order chi connectivity index (χ1) is 5.17. The summed E-state index contributed by atoms with van der Waals surface area (Å²) in [5, 5.41) is 3.04. The van der Waals surface area contributed by atoms with Crippen LogP contribution < -0.4 is 0 Å². The van der Waals surface area contributed by atoms with Gasteiger partial charge in [0.25, 0.3) is 0 Å². The molecule has 0 fully saturated rings. The first kappa shape index (κ1) is 7.92. The Bertz CT molecular complexity index is 241. The summed E-state index contributed by atoms with van der Waals surface area (Å²) in [5.74, 6) is 0. The molecule has 11 heavy (non-hydrogen) atoms. The van der Waals surface area contributed by atoms with Crippen molar-refractivity contribution in [1.29, 1.82) is 0 Å².